The van der Waals surface area contributed by atoms with Gasteiger partial charge in [-0.25, -0.2) is 9.97 Å². The number of pyridine rings is 1. The molecule has 1 saturated heterocycles. The summed E-state index contributed by atoms with van der Waals surface area (Å²) in [5.74, 6) is 1.33. The van der Waals surface area contributed by atoms with Crippen LogP contribution in [0.1, 0.15) is 12.8 Å². The molecule has 6 nitrogen and oxygen atoms in total. The molecule has 0 radical (unpaired) electrons. The largest absolute Gasteiger partial charge is 0.355 e. The zero-order valence-corrected chi connectivity index (χ0v) is 12.7. The van der Waals surface area contributed by atoms with E-state index in [9.17, 15) is 4.79 Å². The molecule has 3 heterocycles. The summed E-state index contributed by atoms with van der Waals surface area (Å²) in [6.45, 7) is 1.58. The molecule has 1 amide bonds. The number of carbonyl (C=O) groups excluding carboxylic acids is 1. The first-order chi connectivity index (χ1) is 10.7. The minimum atomic E-state index is -0.0197. The number of nitrogens with one attached hydrogen (secondary N) is 1. The van der Waals surface area contributed by atoms with E-state index in [1.54, 1.807) is 36.9 Å². The normalized spacial score (nSPS) is 15.6. The van der Waals surface area contributed by atoms with Crippen LogP contribution in [0.3, 0.4) is 0 Å². The highest BCUT2D eigenvalue weighted by molar-refractivity contribution is 6.30. The zero-order valence-electron chi connectivity index (χ0n) is 11.9. The topological polar surface area (TPSA) is 71.0 Å². The Bertz CT molecular complexity index is 643. The molecule has 1 fully saturated rings. The Hall–Kier alpha value is -2.21. The highest BCUT2D eigenvalue weighted by Crippen LogP contribution is 2.22. The lowest BCUT2D eigenvalue weighted by Gasteiger charge is -2.31. The third-order valence-corrected chi connectivity index (χ3v) is 3.95. The molecule has 0 bridgehead atoms. The van der Waals surface area contributed by atoms with Crippen LogP contribution in [0.25, 0.3) is 0 Å². The van der Waals surface area contributed by atoms with Crippen molar-refractivity contribution in [1.29, 1.82) is 0 Å². The molecular formula is C15H16ClN5O. The first kappa shape index (κ1) is 14.7. The van der Waals surface area contributed by atoms with E-state index >= 15 is 0 Å². The molecule has 0 spiro atoms. The first-order valence-electron chi connectivity index (χ1n) is 7.16. The molecule has 3 rings (SSSR count). The van der Waals surface area contributed by atoms with Gasteiger partial charge in [0.15, 0.2) is 0 Å². The van der Waals surface area contributed by atoms with E-state index in [0.717, 1.165) is 31.7 Å². The molecule has 1 N–H and O–H groups in total. The monoisotopic (exact) mass is 317 g/mol. The molecule has 2 aromatic rings. The summed E-state index contributed by atoms with van der Waals surface area (Å²) in [6, 6.07) is 3.32. The molecular weight excluding hydrogens is 302 g/mol. The van der Waals surface area contributed by atoms with Gasteiger partial charge in [-0.1, -0.05) is 11.6 Å². The van der Waals surface area contributed by atoms with Gasteiger partial charge in [0.25, 0.3) is 0 Å². The SMILES string of the molecule is O=C(Nc1cc(Cl)ccn1)C1CCN(c2cnccn2)CC1. The molecule has 0 atom stereocenters. The summed E-state index contributed by atoms with van der Waals surface area (Å²) < 4.78 is 0. The molecule has 22 heavy (non-hydrogen) atoms. The van der Waals surface area contributed by atoms with Gasteiger partial charge in [-0.2, -0.15) is 0 Å². The number of amides is 1. The van der Waals surface area contributed by atoms with Crippen LogP contribution < -0.4 is 10.2 Å². The Labute approximate surface area is 133 Å². The zero-order chi connectivity index (χ0) is 15.4. The molecule has 114 valence electrons. The van der Waals surface area contributed by atoms with Crippen molar-refractivity contribution in [2.45, 2.75) is 12.8 Å². The molecule has 1 aliphatic rings. The van der Waals surface area contributed by atoms with E-state index in [1.165, 1.54) is 0 Å². The first-order valence-corrected chi connectivity index (χ1v) is 7.53. The predicted octanol–water partition coefficient (Wildman–Crippen LogP) is 2.38. The number of nitrogens with zero attached hydrogens (tertiary/aromatic N) is 4. The van der Waals surface area contributed by atoms with Crippen LogP contribution in [0.2, 0.25) is 5.02 Å². The smallest absolute Gasteiger partial charge is 0.228 e. The van der Waals surface area contributed by atoms with Crippen molar-refractivity contribution in [2.24, 2.45) is 5.92 Å². The minimum Gasteiger partial charge on any atom is -0.355 e. The Kier molecular flexibility index (Phi) is 4.48. The van der Waals surface area contributed by atoms with Gasteiger partial charge in [0.2, 0.25) is 5.91 Å². The third-order valence-electron chi connectivity index (χ3n) is 3.71. The van der Waals surface area contributed by atoms with Crippen LogP contribution in [0.5, 0.6) is 0 Å². The number of anilines is 2. The van der Waals surface area contributed by atoms with Crippen LogP contribution in [-0.2, 0) is 4.79 Å². The summed E-state index contributed by atoms with van der Waals surface area (Å²) in [5, 5.41) is 3.38. The fourth-order valence-electron chi connectivity index (χ4n) is 2.53. The average Bonchev–Trinajstić information content (AvgIpc) is 2.56. The number of halogens is 1. The number of carbonyl (C=O) groups is 1. The highest BCUT2D eigenvalue weighted by atomic mass is 35.5. The van der Waals surface area contributed by atoms with E-state index in [2.05, 4.69) is 25.2 Å². The standard InChI is InChI=1S/C15H16ClN5O/c16-12-1-4-18-13(9-12)20-15(22)11-2-7-21(8-3-11)14-10-17-5-6-19-14/h1,4-6,9-11H,2-3,7-8H2,(H,18,20,22). The quantitative estimate of drug-likeness (QED) is 0.941. The summed E-state index contributed by atoms with van der Waals surface area (Å²) in [4.78, 5) is 26.9. The van der Waals surface area contributed by atoms with Gasteiger partial charge in [-0.15, -0.1) is 0 Å². The van der Waals surface area contributed by atoms with E-state index in [4.69, 9.17) is 11.6 Å². The summed E-state index contributed by atoms with van der Waals surface area (Å²) >= 11 is 5.89. The van der Waals surface area contributed by atoms with Crippen LogP contribution in [0, 0.1) is 5.92 Å². The van der Waals surface area contributed by atoms with Crippen LogP contribution >= 0.6 is 11.6 Å². The number of aromatic nitrogens is 3. The fourth-order valence-corrected chi connectivity index (χ4v) is 2.69. The molecule has 0 unspecified atom stereocenters. The number of hydrogen-bond acceptors (Lipinski definition) is 5. The number of piperidine rings is 1. The molecule has 0 aromatic carbocycles. The lowest BCUT2D eigenvalue weighted by molar-refractivity contribution is -0.120. The Balaban J connectivity index is 1.56. The van der Waals surface area contributed by atoms with Gasteiger partial charge in [-0.3, -0.25) is 9.78 Å². The Morgan fingerprint density at radius 1 is 1.23 bits per heavy atom. The maximum absolute atomic E-state index is 12.3. The van der Waals surface area contributed by atoms with Crippen molar-refractivity contribution in [3.63, 3.8) is 0 Å². The third kappa shape index (κ3) is 3.51. The number of hydrogen-bond donors (Lipinski definition) is 1. The van der Waals surface area contributed by atoms with Crippen molar-refractivity contribution >= 4 is 29.1 Å². The highest BCUT2D eigenvalue weighted by Gasteiger charge is 2.25. The van der Waals surface area contributed by atoms with E-state index < -0.39 is 0 Å². The van der Waals surface area contributed by atoms with Crippen LogP contribution in [-0.4, -0.2) is 33.9 Å². The van der Waals surface area contributed by atoms with Crippen LogP contribution in [0.15, 0.2) is 36.9 Å². The second-order valence-electron chi connectivity index (χ2n) is 5.17. The molecule has 7 heteroatoms. The van der Waals surface area contributed by atoms with Crippen molar-refractivity contribution in [3.05, 3.63) is 41.9 Å². The molecule has 0 saturated carbocycles. The molecule has 2 aromatic heterocycles. The lowest BCUT2D eigenvalue weighted by atomic mass is 9.96. The van der Waals surface area contributed by atoms with Crippen molar-refractivity contribution in [1.82, 2.24) is 15.0 Å². The van der Waals surface area contributed by atoms with Gasteiger partial charge in [0, 0.05) is 42.6 Å². The summed E-state index contributed by atoms with van der Waals surface area (Å²) in [7, 11) is 0. The summed E-state index contributed by atoms with van der Waals surface area (Å²) in [6.07, 6.45) is 8.22. The Morgan fingerprint density at radius 2 is 2.05 bits per heavy atom. The van der Waals surface area contributed by atoms with E-state index in [1.807, 2.05) is 0 Å². The molecule has 0 aliphatic carbocycles. The lowest BCUT2D eigenvalue weighted by Crippen LogP contribution is -2.38. The second-order valence-corrected chi connectivity index (χ2v) is 5.61. The average molecular weight is 318 g/mol. The van der Waals surface area contributed by atoms with E-state index in [-0.39, 0.29) is 11.8 Å². The maximum Gasteiger partial charge on any atom is 0.228 e. The second kappa shape index (κ2) is 6.70. The minimum absolute atomic E-state index is 0.00596. The number of rotatable bonds is 3. The van der Waals surface area contributed by atoms with Crippen molar-refractivity contribution in [3.8, 4) is 0 Å². The van der Waals surface area contributed by atoms with E-state index in [0.29, 0.717) is 10.8 Å². The van der Waals surface area contributed by atoms with Crippen molar-refractivity contribution in [2.75, 3.05) is 23.3 Å². The Morgan fingerprint density at radius 3 is 2.73 bits per heavy atom. The van der Waals surface area contributed by atoms with Gasteiger partial charge in [-0.05, 0) is 25.0 Å². The molecule has 1 aliphatic heterocycles. The van der Waals surface area contributed by atoms with Gasteiger partial charge < -0.3 is 10.2 Å². The predicted molar refractivity (Wildman–Crippen MR) is 84.8 cm³/mol. The fraction of sp³-hybridized carbons (Fsp3) is 0.333. The van der Waals surface area contributed by atoms with Gasteiger partial charge in [0.1, 0.15) is 11.6 Å². The van der Waals surface area contributed by atoms with Crippen molar-refractivity contribution < 1.29 is 4.79 Å². The summed E-state index contributed by atoms with van der Waals surface area (Å²) in [5.41, 5.74) is 0. The van der Waals surface area contributed by atoms with Gasteiger partial charge in [0.05, 0.1) is 6.20 Å². The van der Waals surface area contributed by atoms with Crippen LogP contribution in [0.4, 0.5) is 11.6 Å². The van der Waals surface area contributed by atoms with Gasteiger partial charge >= 0.3 is 0 Å². The maximum atomic E-state index is 12.3.